The lowest BCUT2D eigenvalue weighted by molar-refractivity contribution is -0.112. The van der Waals surface area contributed by atoms with Crippen molar-refractivity contribution in [3.05, 3.63) is 47.1 Å². The normalized spacial score (nSPS) is 15.0. The van der Waals surface area contributed by atoms with Crippen LogP contribution in [-0.4, -0.2) is 13.0 Å². The number of unbranched alkanes of at least 4 members (excludes halogenated alkanes) is 2. The van der Waals surface area contributed by atoms with Gasteiger partial charge >= 0.3 is 0 Å². The highest BCUT2D eigenvalue weighted by atomic mass is 16.5. The molecule has 1 aliphatic rings. The fourth-order valence-corrected chi connectivity index (χ4v) is 3.24. The lowest BCUT2D eigenvalue weighted by Gasteiger charge is -2.14. The first-order valence-corrected chi connectivity index (χ1v) is 10.4. The van der Waals surface area contributed by atoms with Crippen LogP contribution in [0.5, 0.6) is 5.75 Å². The van der Waals surface area contributed by atoms with Gasteiger partial charge in [0.15, 0.2) is 0 Å². The van der Waals surface area contributed by atoms with Gasteiger partial charge in [-0.25, -0.2) is 0 Å². The Hall–Kier alpha value is -2.03. The van der Waals surface area contributed by atoms with Gasteiger partial charge in [-0.2, -0.15) is 0 Å². The van der Waals surface area contributed by atoms with Crippen LogP contribution in [0.3, 0.4) is 0 Å². The van der Waals surface area contributed by atoms with E-state index in [1.165, 1.54) is 25.7 Å². The summed E-state index contributed by atoms with van der Waals surface area (Å²) in [6.45, 7) is 6.28. The Kier molecular flexibility index (Phi) is 8.63. The molecule has 27 heavy (non-hydrogen) atoms. The van der Waals surface area contributed by atoms with Gasteiger partial charge in [-0.3, -0.25) is 4.79 Å². The second-order valence-electron chi connectivity index (χ2n) is 7.50. The fraction of sp³-hybridized carbons (Fsp3) is 0.542. The second-order valence-corrected chi connectivity index (χ2v) is 7.50. The number of allylic oxidation sites excluding steroid dienone is 2. The Balaban J connectivity index is 2.12. The van der Waals surface area contributed by atoms with E-state index in [4.69, 9.17) is 4.74 Å². The molecule has 1 fully saturated rings. The molecule has 0 atom stereocenters. The summed E-state index contributed by atoms with van der Waals surface area (Å²) in [5.74, 6) is 1.70. The topological polar surface area (TPSA) is 38.3 Å². The number of rotatable bonds is 11. The van der Waals surface area contributed by atoms with Gasteiger partial charge in [0, 0.05) is 17.3 Å². The number of nitrogens with one attached hydrogen (secondary N) is 1. The van der Waals surface area contributed by atoms with Crippen molar-refractivity contribution in [2.45, 2.75) is 72.1 Å². The van der Waals surface area contributed by atoms with Gasteiger partial charge < -0.3 is 10.1 Å². The SMILES string of the molecule is CCC/C=C(C(=O)Nc1cc(OC)ccc1C)\C(=C\CCCC1CC1)CC. The maximum absolute atomic E-state index is 13.1. The summed E-state index contributed by atoms with van der Waals surface area (Å²) < 4.78 is 5.30. The molecule has 0 heterocycles. The van der Waals surface area contributed by atoms with Crippen LogP contribution in [0, 0.1) is 12.8 Å². The van der Waals surface area contributed by atoms with Crippen molar-refractivity contribution in [2.75, 3.05) is 12.4 Å². The molecule has 3 heteroatoms. The molecule has 1 amide bonds. The Morgan fingerprint density at radius 3 is 2.63 bits per heavy atom. The number of hydrogen-bond acceptors (Lipinski definition) is 2. The minimum atomic E-state index is -0.0184. The van der Waals surface area contributed by atoms with E-state index < -0.39 is 0 Å². The number of hydrogen-bond donors (Lipinski definition) is 1. The van der Waals surface area contributed by atoms with Gasteiger partial charge in [0.2, 0.25) is 0 Å². The third-order valence-electron chi connectivity index (χ3n) is 5.21. The summed E-state index contributed by atoms with van der Waals surface area (Å²) in [5.41, 5.74) is 3.83. The monoisotopic (exact) mass is 369 g/mol. The largest absolute Gasteiger partial charge is 0.497 e. The molecule has 1 N–H and O–H groups in total. The highest BCUT2D eigenvalue weighted by Gasteiger charge is 2.20. The van der Waals surface area contributed by atoms with E-state index in [0.717, 1.165) is 59.7 Å². The van der Waals surface area contributed by atoms with E-state index in [1.807, 2.05) is 25.1 Å². The van der Waals surface area contributed by atoms with Crippen LogP contribution in [0.1, 0.15) is 70.8 Å². The van der Waals surface area contributed by atoms with Gasteiger partial charge in [0.1, 0.15) is 5.75 Å². The summed E-state index contributed by atoms with van der Waals surface area (Å²) in [6.07, 6.45) is 13.7. The van der Waals surface area contributed by atoms with E-state index in [2.05, 4.69) is 31.3 Å². The first kappa shape index (κ1) is 21.3. The molecular weight excluding hydrogens is 334 g/mol. The summed E-state index contributed by atoms with van der Waals surface area (Å²) in [5, 5.41) is 3.10. The predicted octanol–water partition coefficient (Wildman–Crippen LogP) is 6.59. The van der Waals surface area contributed by atoms with Crippen molar-refractivity contribution in [1.82, 2.24) is 0 Å². The average Bonchev–Trinajstić information content (AvgIpc) is 3.49. The number of methoxy groups -OCH3 is 1. The Morgan fingerprint density at radius 2 is 2.00 bits per heavy atom. The molecule has 1 saturated carbocycles. The molecule has 0 spiro atoms. The molecule has 0 unspecified atom stereocenters. The standard InChI is InChI=1S/C24H35NO2/c1-5-7-12-22(20(6-2)11-9-8-10-19-14-15-19)24(26)25-23-17-21(27-4)16-13-18(23)3/h11-13,16-17,19H,5-10,14-15H2,1-4H3,(H,25,26)/b20-11+,22-12+. The van der Waals surface area contributed by atoms with Gasteiger partial charge in [-0.15, -0.1) is 0 Å². The molecule has 0 saturated heterocycles. The molecule has 0 radical (unpaired) electrons. The van der Waals surface area contributed by atoms with Crippen LogP contribution in [0.25, 0.3) is 0 Å². The zero-order valence-electron chi connectivity index (χ0n) is 17.4. The smallest absolute Gasteiger partial charge is 0.255 e. The van der Waals surface area contributed by atoms with Crippen LogP contribution in [0.2, 0.25) is 0 Å². The third-order valence-corrected chi connectivity index (χ3v) is 5.21. The Bertz CT molecular complexity index is 684. The Morgan fingerprint density at radius 1 is 1.22 bits per heavy atom. The molecule has 0 aliphatic heterocycles. The van der Waals surface area contributed by atoms with Crippen LogP contribution in [-0.2, 0) is 4.79 Å². The van der Waals surface area contributed by atoms with Crippen molar-refractivity contribution < 1.29 is 9.53 Å². The number of anilines is 1. The van der Waals surface area contributed by atoms with Crippen LogP contribution < -0.4 is 10.1 Å². The van der Waals surface area contributed by atoms with Crippen LogP contribution in [0.15, 0.2) is 41.5 Å². The number of carbonyl (C=O) groups is 1. The summed E-state index contributed by atoms with van der Waals surface area (Å²) in [6, 6.07) is 5.77. The molecule has 1 aromatic carbocycles. The van der Waals surface area contributed by atoms with Gasteiger partial charge in [0.05, 0.1) is 7.11 Å². The van der Waals surface area contributed by atoms with Crippen LogP contribution in [0.4, 0.5) is 5.69 Å². The molecular formula is C24H35NO2. The molecule has 0 aromatic heterocycles. The van der Waals surface area contributed by atoms with E-state index in [-0.39, 0.29) is 5.91 Å². The third kappa shape index (κ3) is 6.89. The lowest BCUT2D eigenvalue weighted by Crippen LogP contribution is -2.17. The first-order chi connectivity index (χ1) is 13.1. The summed E-state index contributed by atoms with van der Waals surface area (Å²) >= 11 is 0. The number of amides is 1. The minimum absolute atomic E-state index is 0.0184. The van der Waals surface area contributed by atoms with E-state index in [1.54, 1.807) is 7.11 Å². The molecule has 1 aromatic rings. The molecule has 0 bridgehead atoms. The molecule has 2 rings (SSSR count). The minimum Gasteiger partial charge on any atom is -0.497 e. The number of ether oxygens (including phenoxy) is 1. The fourth-order valence-electron chi connectivity index (χ4n) is 3.24. The van der Waals surface area contributed by atoms with Crippen molar-refractivity contribution in [3.8, 4) is 5.75 Å². The van der Waals surface area contributed by atoms with E-state index in [9.17, 15) is 4.79 Å². The molecule has 1 aliphatic carbocycles. The van der Waals surface area contributed by atoms with Crippen molar-refractivity contribution in [3.63, 3.8) is 0 Å². The molecule has 3 nitrogen and oxygen atoms in total. The number of carbonyl (C=O) groups excluding carboxylic acids is 1. The van der Waals surface area contributed by atoms with Crippen molar-refractivity contribution >= 4 is 11.6 Å². The summed E-state index contributed by atoms with van der Waals surface area (Å²) in [4.78, 5) is 13.1. The highest BCUT2D eigenvalue weighted by molar-refractivity contribution is 6.07. The Labute approximate surface area is 164 Å². The molecule has 148 valence electrons. The van der Waals surface area contributed by atoms with E-state index in [0.29, 0.717) is 0 Å². The van der Waals surface area contributed by atoms with E-state index >= 15 is 0 Å². The van der Waals surface area contributed by atoms with Gasteiger partial charge in [-0.1, -0.05) is 57.7 Å². The van der Waals surface area contributed by atoms with Crippen molar-refractivity contribution in [2.24, 2.45) is 5.92 Å². The predicted molar refractivity (Wildman–Crippen MR) is 114 cm³/mol. The maximum Gasteiger partial charge on any atom is 0.255 e. The number of benzene rings is 1. The van der Waals surface area contributed by atoms with Crippen LogP contribution >= 0.6 is 0 Å². The maximum atomic E-state index is 13.1. The number of aryl methyl sites for hydroxylation is 1. The second kappa shape index (κ2) is 11.0. The first-order valence-electron chi connectivity index (χ1n) is 10.4. The van der Waals surface area contributed by atoms with Gasteiger partial charge in [-0.05, 0) is 55.7 Å². The highest BCUT2D eigenvalue weighted by Crippen LogP contribution is 2.34. The quantitative estimate of drug-likeness (QED) is 0.271. The zero-order chi connectivity index (χ0) is 19.6. The lowest BCUT2D eigenvalue weighted by atomic mass is 9.98. The zero-order valence-corrected chi connectivity index (χ0v) is 17.4. The average molecular weight is 370 g/mol. The van der Waals surface area contributed by atoms with Crippen molar-refractivity contribution in [1.29, 1.82) is 0 Å². The van der Waals surface area contributed by atoms with Gasteiger partial charge in [0.25, 0.3) is 5.91 Å². The summed E-state index contributed by atoms with van der Waals surface area (Å²) in [7, 11) is 1.64.